The Balaban J connectivity index is 2.58. The molecule has 0 spiro atoms. The SMILES string of the molecule is COC(=O)c1c(/C=C/c2ccc(F)cc2)cc(OC)c(CC=C(C)C)c1O. The number of esters is 1. The van der Waals surface area contributed by atoms with Crippen LogP contribution in [0.15, 0.2) is 42.0 Å². The van der Waals surface area contributed by atoms with Crippen LogP contribution < -0.4 is 4.74 Å². The monoisotopic (exact) mass is 370 g/mol. The topological polar surface area (TPSA) is 55.8 Å². The average Bonchev–Trinajstić information content (AvgIpc) is 2.65. The third-order valence-electron chi connectivity index (χ3n) is 4.04. The molecular weight excluding hydrogens is 347 g/mol. The summed E-state index contributed by atoms with van der Waals surface area (Å²) in [6.45, 7) is 3.90. The van der Waals surface area contributed by atoms with Gasteiger partial charge in [-0.2, -0.15) is 0 Å². The smallest absolute Gasteiger partial charge is 0.342 e. The largest absolute Gasteiger partial charge is 0.507 e. The second-order valence-electron chi connectivity index (χ2n) is 6.23. The lowest BCUT2D eigenvalue weighted by Gasteiger charge is -2.15. The van der Waals surface area contributed by atoms with Crippen LogP contribution >= 0.6 is 0 Å². The number of halogens is 1. The highest BCUT2D eigenvalue weighted by molar-refractivity contribution is 5.98. The van der Waals surface area contributed by atoms with E-state index in [1.165, 1.54) is 26.4 Å². The molecule has 0 unspecified atom stereocenters. The molecule has 0 radical (unpaired) electrons. The highest BCUT2D eigenvalue weighted by Crippen LogP contribution is 2.36. The lowest BCUT2D eigenvalue weighted by molar-refractivity contribution is 0.0597. The van der Waals surface area contributed by atoms with Gasteiger partial charge in [-0.05, 0) is 49.6 Å². The molecule has 0 atom stereocenters. The van der Waals surface area contributed by atoms with Gasteiger partial charge in [-0.1, -0.05) is 35.9 Å². The minimum atomic E-state index is -0.646. The van der Waals surface area contributed by atoms with Crippen molar-refractivity contribution in [3.63, 3.8) is 0 Å². The summed E-state index contributed by atoms with van der Waals surface area (Å²) in [4.78, 5) is 12.3. The van der Waals surface area contributed by atoms with E-state index < -0.39 is 5.97 Å². The predicted octanol–water partition coefficient (Wildman–Crippen LogP) is 5.01. The van der Waals surface area contributed by atoms with Crippen molar-refractivity contribution >= 4 is 18.1 Å². The van der Waals surface area contributed by atoms with Gasteiger partial charge in [0.2, 0.25) is 0 Å². The molecule has 0 aliphatic heterocycles. The lowest BCUT2D eigenvalue weighted by Crippen LogP contribution is -2.07. The summed E-state index contributed by atoms with van der Waals surface area (Å²) in [6, 6.07) is 7.61. The average molecular weight is 370 g/mol. The van der Waals surface area contributed by atoms with Gasteiger partial charge in [0.15, 0.2) is 0 Å². The van der Waals surface area contributed by atoms with E-state index in [4.69, 9.17) is 9.47 Å². The molecule has 0 fully saturated rings. The quantitative estimate of drug-likeness (QED) is 0.441. The fourth-order valence-corrected chi connectivity index (χ4v) is 2.60. The first kappa shape index (κ1) is 20.2. The first-order chi connectivity index (χ1) is 12.9. The Kier molecular flexibility index (Phi) is 6.77. The maximum Gasteiger partial charge on any atom is 0.342 e. The molecule has 142 valence electrons. The summed E-state index contributed by atoms with van der Waals surface area (Å²) in [5, 5.41) is 10.7. The number of hydrogen-bond donors (Lipinski definition) is 1. The van der Waals surface area contributed by atoms with Crippen molar-refractivity contribution in [3.8, 4) is 11.5 Å². The van der Waals surface area contributed by atoms with Crippen LogP contribution in [0.25, 0.3) is 12.2 Å². The third-order valence-corrected chi connectivity index (χ3v) is 4.04. The van der Waals surface area contributed by atoms with E-state index in [1.54, 1.807) is 30.4 Å². The molecule has 2 aromatic carbocycles. The van der Waals surface area contributed by atoms with E-state index in [0.29, 0.717) is 23.3 Å². The highest BCUT2D eigenvalue weighted by Gasteiger charge is 2.22. The Hall–Kier alpha value is -3.08. The van der Waals surface area contributed by atoms with Gasteiger partial charge >= 0.3 is 5.97 Å². The van der Waals surface area contributed by atoms with Gasteiger partial charge in [0, 0.05) is 5.56 Å². The summed E-state index contributed by atoms with van der Waals surface area (Å²) in [5.74, 6) is -0.674. The molecule has 2 aromatic rings. The summed E-state index contributed by atoms with van der Waals surface area (Å²) in [7, 11) is 2.77. The van der Waals surface area contributed by atoms with Crippen molar-refractivity contribution in [1.29, 1.82) is 0 Å². The Morgan fingerprint density at radius 1 is 1.15 bits per heavy atom. The van der Waals surface area contributed by atoms with Crippen LogP contribution in [0.5, 0.6) is 11.5 Å². The van der Waals surface area contributed by atoms with Crippen LogP contribution in [0.1, 0.15) is 40.9 Å². The Morgan fingerprint density at radius 3 is 2.37 bits per heavy atom. The molecule has 27 heavy (non-hydrogen) atoms. The van der Waals surface area contributed by atoms with Gasteiger partial charge in [-0.15, -0.1) is 0 Å². The number of carbonyl (C=O) groups is 1. The first-order valence-corrected chi connectivity index (χ1v) is 8.45. The zero-order chi connectivity index (χ0) is 20.0. The van der Waals surface area contributed by atoms with Crippen molar-refractivity contribution in [1.82, 2.24) is 0 Å². The molecule has 0 bridgehead atoms. The van der Waals surface area contributed by atoms with Crippen LogP contribution in [0.3, 0.4) is 0 Å². The van der Waals surface area contributed by atoms with Crippen LogP contribution in [0, 0.1) is 5.82 Å². The van der Waals surface area contributed by atoms with Gasteiger partial charge in [0.25, 0.3) is 0 Å². The molecule has 4 nitrogen and oxygen atoms in total. The van der Waals surface area contributed by atoms with E-state index in [1.807, 2.05) is 19.9 Å². The molecule has 0 amide bonds. The van der Waals surface area contributed by atoms with E-state index in [-0.39, 0.29) is 17.1 Å². The molecule has 0 aromatic heterocycles. The minimum absolute atomic E-state index is 0.0637. The van der Waals surface area contributed by atoms with Crippen molar-refractivity contribution in [2.24, 2.45) is 0 Å². The van der Waals surface area contributed by atoms with Crippen molar-refractivity contribution in [3.05, 3.63) is 70.1 Å². The second kappa shape index (κ2) is 9.03. The zero-order valence-corrected chi connectivity index (χ0v) is 15.9. The molecular formula is C22H23FO4. The van der Waals surface area contributed by atoms with Gasteiger partial charge in [0.1, 0.15) is 22.9 Å². The van der Waals surface area contributed by atoms with Crippen molar-refractivity contribution in [2.75, 3.05) is 14.2 Å². The first-order valence-electron chi connectivity index (χ1n) is 8.45. The number of rotatable bonds is 6. The van der Waals surface area contributed by atoms with Crippen LogP contribution in [0.4, 0.5) is 4.39 Å². The molecule has 2 rings (SSSR count). The van der Waals surface area contributed by atoms with Gasteiger partial charge < -0.3 is 14.6 Å². The van der Waals surface area contributed by atoms with Gasteiger partial charge in [0.05, 0.1) is 14.2 Å². The van der Waals surface area contributed by atoms with E-state index in [2.05, 4.69) is 0 Å². The number of phenolic OH excluding ortho intramolecular Hbond substituents is 1. The molecule has 5 heteroatoms. The summed E-state index contributed by atoms with van der Waals surface area (Å²) in [5.41, 5.74) is 2.85. The number of aromatic hydroxyl groups is 1. The summed E-state index contributed by atoms with van der Waals surface area (Å²) >= 11 is 0. The third kappa shape index (κ3) is 4.97. The van der Waals surface area contributed by atoms with Crippen LogP contribution in [0.2, 0.25) is 0 Å². The summed E-state index contributed by atoms with van der Waals surface area (Å²) in [6.07, 6.45) is 5.73. The zero-order valence-electron chi connectivity index (χ0n) is 15.9. The van der Waals surface area contributed by atoms with E-state index >= 15 is 0 Å². The molecule has 0 saturated heterocycles. The van der Waals surface area contributed by atoms with Crippen LogP contribution in [-0.4, -0.2) is 25.3 Å². The molecule has 0 aliphatic rings. The van der Waals surface area contributed by atoms with E-state index in [9.17, 15) is 14.3 Å². The fourth-order valence-electron chi connectivity index (χ4n) is 2.60. The lowest BCUT2D eigenvalue weighted by atomic mass is 9.97. The second-order valence-corrected chi connectivity index (χ2v) is 6.23. The summed E-state index contributed by atoms with van der Waals surface area (Å²) < 4.78 is 23.3. The number of hydrogen-bond acceptors (Lipinski definition) is 4. The Morgan fingerprint density at radius 2 is 1.81 bits per heavy atom. The number of ether oxygens (including phenoxy) is 2. The maximum atomic E-state index is 13.1. The molecule has 1 N–H and O–H groups in total. The number of allylic oxidation sites excluding steroid dienone is 2. The minimum Gasteiger partial charge on any atom is -0.507 e. The molecule has 0 heterocycles. The normalized spacial score (nSPS) is 10.7. The van der Waals surface area contributed by atoms with Gasteiger partial charge in [-0.25, -0.2) is 9.18 Å². The fraction of sp³-hybridized carbons (Fsp3) is 0.227. The number of methoxy groups -OCH3 is 2. The molecule has 0 saturated carbocycles. The standard InChI is InChI=1S/C22H23FO4/c1-14(2)5-12-18-19(26-3)13-16(20(21(18)24)22(25)27-4)9-6-15-7-10-17(23)11-8-15/h5-11,13,24H,12H2,1-4H3/b9-6+. The highest BCUT2D eigenvalue weighted by atomic mass is 19.1. The van der Waals surface area contributed by atoms with E-state index in [0.717, 1.165) is 11.1 Å². The maximum absolute atomic E-state index is 13.1. The number of phenols is 1. The Bertz CT molecular complexity index is 876. The van der Waals surface area contributed by atoms with Crippen molar-refractivity contribution < 1.29 is 23.8 Å². The predicted molar refractivity (Wildman–Crippen MR) is 104 cm³/mol. The van der Waals surface area contributed by atoms with Crippen LogP contribution in [-0.2, 0) is 11.2 Å². The number of carbonyl (C=O) groups excluding carboxylic acids is 1. The number of benzene rings is 2. The Labute approximate surface area is 158 Å². The van der Waals surface area contributed by atoms with Gasteiger partial charge in [-0.3, -0.25) is 0 Å². The van der Waals surface area contributed by atoms with Crippen molar-refractivity contribution in [2.45, 2.75) is 20.3 Å². The molecule has 0 aliphatic carbocycles.